The van der Waals surface area contributed by atoms with Gasteiger partial charge in [0, 0.05) is 5.75 Å². The van der Waals surface area contributed by atoms with Crippen molar-refractivity contribution < 1.29 is 0 Å². The smallest absolute Gasteiger partial charge is 0.151 e. The van der Waals surface area contributed by atoms with E-state index in [1.165, 1.54) is 98.9 Å². The second-order valence-electron chi connectivity index (χ2n) is 12.1. The van der Waals surface area contributed by atoms with Crippen LogP contribution in [0.25, 0.3) is 10.2 Å². The normalized spacial score (nSPS) is 13.1. The molecule has 0 bridgehead atoms. The second kappa shape index (κ2) is 16.1. The Morgan fingerprint density at radius 2 is 1.46 bits per heavy atom. The molecule has 2 rings (SSSR count). The van der Waals surface area contributed by atoms with Gasteiger partial charge in [-0.3, -0.25) is 0 Å². The van der Waals surface area contributed by atoms with E-state index >= 15 is 0 Å². The molecule has 0 fully saturated rings. The van der Waals surface area contributed by atoms with Crippen molar-refractivity contribution in [2.45, 2.75) is 136 Å². The van der Waals surface area contributed by atoms with Gasteiger partial charge in [0.1, 0.15) is 0 Å². The Morgan fingerprint density at radius 1 is 0.829 bits per heavy atom. The van der Waals surface area contributed by atoms with Crippen molar-refractivity contribution in [3.05, 3.63) is 35.9 Å². The number of allylic oxidation sites excluding steroid dienone is 1. The number of para-hydroxylation sites is 1. The lowest BCUT2D eigenvalue weighted by molar-refractivity contribution is 0.295. The molecule has 0 radical (unpaired) electrons. The summed E-state index contributed by atoms with van der Waals surface area (Å²) in [6.45, 7) is 14.5. The Kier molecular flexibility index (Phi) is 14.0. The summed E-state index contributed by atoms with van der Waals surface area (Å²) in [6.07, 6.45) is 21.4. The summed E-state index contributed by atoms with van der Waals surface area (Å²) in [5, 5.41) is 0. The van der Waals surface area contributed by atoms with Crippen LogP contribution in [0.5, 0.6) is 0 Å². The molecule has 1 aromatic carbocycles. The molecule has 3 heteroatoms. The van der Waals surface area contributed by atoms with Gasteiger partial charge in [-0.05, 0) is 55.1 Å². The minimum absolute atomic E-state index is 0.377. The zero-order chi connectivity index (χ0) is 25.6. The Balaban J connectivity index is 1.97. The van der Waals surface area contributed by atoms with Crippen molar-refractivity contribution in [3.63, 3.8) is 0 Å². The summed E-state index contributed by atoms with van der Waals surface area (Å²) < 4.78 is 2.52. The lowest BCUT2D eigenvalue weighted by Crippen LogP contribution is -2.14. The summed E-state index contributed by atoms with van der Waals surface area (Å²) in [7, 11) is 0. The molecule has 0 atom stereocenters. The van der Waals surface area contributed by atoms with Crippen LogP contribution < -0.4 is 0 Å². The van der Waals surface area contributed by atoms with Crippen molar-refractivity contribution in [1.82, 2.24) is 4.98 Å². The Labute approximate surface area is 226 Å². The van der Waals surface area contributed by atoms with E-state index in [1.54, 1.807) is 5.57 Å². The monoisotopic (exact) mass is 515 g/mol. The average Bonchev–Trinajstić information content (AvgIpc) is 3.23. The zero-order valence-electron chi connectivity index (χ0n) is 23.8. The number of fused-ring (bicyclic) bond motifs is 1. The maximum atomic E-state index is 4.88. The van der Waals surface area contributed by atoms with Crippen LogP contribution in [0.2, 0.25) is 0 Å². The molecule has 0 aliphatic rings. The van der Waals surface area contributed by atoms with E-state index in [9.17, 15) is 0 Å². The van der Waals surface area contributed by atoms with E-state index in [1.807, 2.05) is 23.1 Å². The molecule has 0 N–H and O–H groups in total. The summed E-state index contributed by atoms with van der Waals surface area (Å²) in [4.78, 5) is 4.88. The molecule has 0 saturated heterocycles. The van der Waals surface area contributed by atoms with E-state index in [2.05, 4.69) is 71.9 Å². The molecule has 1 nitrogen and oxygen atoms in total. The highest BCUT2D eigenvalue weighted by Crippen LogP contribution is 2.37. The van der Waals surface area contributed by atoms with Gasteiger partial charge in [-0.2, -0.15) is 0 Å². The number of hydrogen-bond acceptors (Lipinski definition) is 3. The number of thioether (sulfide) groups is 1. The molecule has 1 heterocycles. The summed E-state index contributed by atoms with van der Waals surface area (Å²) in [6, 6.07) is 8.54. The molecule has 35 heavy (non-hydrogen) atoms. The van der Waals surface area contributed by atoms with Gasteiger partial charge in [-0.25, -0.2) is 4.98 Å². The number of rotatable bonds is 19. The van der Waals surface area contributed by atoms with Crippen molar-refractivity contribution in [2.75, 3.05) is 5.75 Å². The molecule has 0 aliphatic carbocycles. The summed E-state index contributed by atoms with van der Waals surface area (Å²) in [5.74, 6) is 1.08. The molecule has 2 aromatic rings. The van der Waals surface area contributed by atoms with E-state index < -0.39 is 0 Å². The second-order valence-corrected chi connectivity index (χ2v) is 14.4. The number of unbranched alkanes of at least 4 members (excludes halogenated alkanes) is 7. The van der Waals surface area contributed by atoms with E-state index in [0.717, 1.165) is 11.3 Å². The van der Waals surface area contributed by atoms with Crippen molar-refractivity contribution in [2.24, 2.45) is 10.8 Å². The Morgan fingerprint density at radius 3 is 2.14 bits per heavy atom. The maximum Gasteiger partial charge on any atom is 0.151 e. The van der Waals surface area contributed by atoms with Crippen LogP contribution in [0.15, 0.2) is 40.3 Å². The Bertz CT molecular complexity index is 828. The third-order valence-corrected chi connectivity index (χ3v) is 9.57. The van der Waals surface area contributed by atoms with Crippen LogP contribution in [-0.2, 0) is 0 Å². The number of nitrogens with zero attached hydrogens (tertiary/aromatic N) is 1. The first-order valence-corrected chi connectivity index (χ1v) is 16.2. The molecular formula is C32H53NS2. The van der Waals surface area contributed by atoms with Gasteiger partial charge in [-0.15, -0.1) is 11.3 Å². The average molecular weight is 516 g/mol. The van der Waals surface area contributed by atoms with Crippen LogP contribution in [-0.4, -0.2) is 10.7 Å². The van der Waals surface area contributed by atoms with E-state index in [0.29, 0.717) is 10.8 Å². The molecule has 1 aromatic heterocycles. The minimum atomic E-state index is 0.377. The molecule has 0 saturated carbocycles. The number of benzene rings is 1. The van der Waals surface area contributed by atoms with Gasteiger partial charge < -0.3 is 0 Å². The van der Waals surface area contributed by atoms with Gasteiger partial charge >= 0.3 is 0 Å². The topological polar surface area (TPSA) is 12.9 Å². The third kappa shape index (κ3) is 12.8. The number of aromatic nitrogens is 1. The molecule has 198 valence electrons. The van der Waals surface area contributed by atoms with Gasteiger partial charge in [-0.1, -0.05) is 135 Å². The van der Waals surface area contributed by atoms with Gasteiger partial charge in [0.15, 0.2) is 4.34 Å². The first kappa shape index (κ1) is 30.4. The summed E-state index contributed by atoms with van der Waals surface area (Å²) >= 11 is 3.79. The van der Waals surface area contributed by atoms with E-state index in [-0.39, 0.29) is 0 Å². The lowest BCUT2D eigenvalue weighted by atomic mass is 9.79. The van der Waals surface area contributed by atoms with Crippen molar-refractivity contribution in [3.8, 4) is 0 Å². The van der Waals surface area contributed by atoms with E-state index in [4.69, 9.17) is 4.98 Å². The molecule has 0 spiro atoms. The quantitative estimate of drug-likeness (QED) is 0.105. The fourth-order valence-electron chi connectivity index (χ4n) is 4.98. The molecule has 0 amide bonds. The largest absolute Gasteiger partial charge is 0.230 e. The molecule has 0 unspecified atom stereocenters. The van der Waals surface area contributed by atoms with Gasteiger partial charge in [0.25, 0.3) is 0 Å². The van der Waals surface area contributed by atoms with Crippen LogP contribution in [0, 0.1) is 10.8 Å². The fraction of sp³-hybridized carbons (Fsp3) is 0.719. The minimum Gasteiger partial charge on any atom is -0.230 e. The van der Waals surface area contributed by atoms with Crippen LogP contribution in [0.4, 0.5) is 0 Å². The van der Waals surface area contributed by atoms with Crippen LogP contribution in [0.3, 0.4) is 0 Å². The van der Waals surface area contributed by atoms with Crippen LogP contribution >= 0.6 is 23.1 Å². The number of thiazole rings is 1. The van der Waals surface area contributed by atoms with Gasteiger partial charge in [0.05, 0.1) is 10.2 Å². The highest BCUT2D eigenvalue weighted by molar-refractivity contribution is 8.01. The standard InChI is InChI=1S/C32H53NS2/c1-7-9-11-13-17-23-32(5,6)25-27(19-18-24-31(3,4)22-16-12-10-8-2)26-34-30-33-28-20-14-15-21-29(28)35-30/h14-15,19-21H,7-13,16-18,22-26H2,1-6H3/b27-19-. The third-order valence-electron chi connectivity index (χ3n) is 7.28. The fourth-order valence-corrected chi connectivity index (χ4v) is 7.05. The first-order chi connectivity index (χ1) is 16.7. The predicted octanol–water partition coefficient (Wildman–Crippen LogP) is 11.9. The highest BCUT2D eigenvalue weighted by atomic mass is 32.2. The predicted molar refractivity (Wildman–Crippen MR) is 162 cm³/mol. The Hall–Kier alpha value is -0.800. The van der Waals surface area contributed by atoms with Crippen LogP contribution in [0.1, 0.15) is 131 Å². The van der Waals surface area contributed by atoms with Crippen molar-refractivity contribution in [1.29, 1.82) is 0 Å². The molecular weight excluding hydrogens is 462 g/mol. The maximum absolute atomic E-state index is 4.88. The number of hydrogen-bond donors (Lipinski definition) is 0. The highest BCUT2D eigenvalue weighted by Gasteiger charge is 2.21. The summed E-state index contributed by atoms with van der Waals surface area (Å²) in [5.41, 5.74) is 3.60. The SMILES string of the molecule is CCCCCCCC(C)(C)C/C(=C/CCC(C)(C)CCCCCC)CSc1nc2ccccc2s1. The zero-order valence-corrected chi connectivity index (χ0v) is 25.4. The van der Waals surface area contributed by atoms with Gasteiger partial charge in [0.2, 0.25) is 0 Å². The first-order valence-electron chi connectivity index (χ1n) is 14.4. The van der Waals surface area contributed by atoms with Crippen molar-refractivity contribution >= 4 is 33.3 Å². The lowest BCUT2D eigenvalue weighted by Gasteiger charge is -2.27. The molecule has 0 aliphatic heterocycles.